The van der Waals surface area contributed by atoms with Gasteiger partial charge in [-0.15, -0.1) is 0 Å². The fourth-order valence-corrected chi connectivity index (χ4v) is 2.73. The van der Waals surface area contributed by atoms with Crippen molar-refractivity contribution in [1.29, 1.82) is 0 Å². The molecule has 1 saturated heterocycles. The zero-order valence-electron chi connectivity index (χ0n) is 12.5. The van der Waals surface area contributed by atoms with E-state index in [1.54, 1.807) is 12.1 Å². The van der Waals surface area contributed by atoms with Crippen molar-refractivity contribution in [3.8, 4) is 0 Å². The van der Waals surface area contributed by atoms with Gasteiger partial charge in [-0.3, -0.25) is 4.79 Å². The first-order chi connectivity index (χ1) is 10.6. The van der Waals surface area contributed by atoms with Gasteiger partial charge in [0.1, 0.15) is 0 Å². The largest absolute Gasteiger partial charge is 0.465 e. The van der Waals surface area contributed by atoms with Crippen LogP contribution in [0.3, 0.4) is 0 Å². The molecule has 6 heteroatoms. The zero-order valence-corrected chi connectivity index (χ0v) is 12.5. The predicted octanol–water partition coefficient (Wildman–Crippen LogP) is 1.34. The molecule has 1 aliphatic rings. The number of hydrogen-bond donors (Lipinski definition) is 3. The van der Waals surface area contributed by atoms with Crippen LogP contribution in [0.15, 0.2) is 24.3 Å². The van der Waals surface area contributed by atoms with Crippen LogP contribution in [0.5, 0.6) is 0 Å². The molecule has 0 aliphatic carbocycles. The number of benzene rings is 1. The summed E-state index contributed by atoms with van der Waals surface area (Å²) in [4.78, 5) is 24.1. The second kappa shape index (κ2) is 7.79. The molecule has 0 unspecified atom stereocenters. The van der Waals surface area contributed by atoms with E-state index in [0.29, 0.717) is 24.6 Å². The smallest absolute Gasteiger partial charge is 0.407 e. The second-order valence-electron chi connectivity index (χ2n) is 5.59. The maximum absolute atomic E-state index is 11.7. The van der Waals surface area contributed by atoms with Crippen LogP contribution in [-0.2, 0) is 6.42 Å². The lowest BCUT2D eigenvalue weighted by molar-refractivity contribution is 0.0944. The molecule has 3 N–H and O–H groups in total. The van der Waals surface area contributed by atoms with E-state index in [1.165, 1.54) is 4.90 Å². The maximum Gasteiger partial charge on any atom is 0.407 e. The molecule has 0 spiro atoms. The van der Waals surface area contributed by atoms with Crippen LogP contribution < -0.4 is 5.32 Å². The quantitative estimate of drug-likeness (QED) is 0.766. The lowest BCUT2D eigenvalue weighted by Gasteiger charge is -2.30. The molecular formula is C16H22N2O4. The van der Waals surface area contributed by atoms with Crippen molar-refractivity contribution < 1.29 is 19.8 Å². The Balaban J connectivity index is 1.84. The number of aliphatic hydroxyl groups is 1. The predicted molar refractivity (Wildman–Crippen MR) is 81.9 cm³/mol. The summed E-state index contributed by atoms with van der Waals surface area (Å²) in [6.07, 6.45) is 1.83. The standard InChI is InChI=1S/C16H22N2O4/c19-10-7-17-15(20)14-3-1-12(2-4-14)11-13-5-8-18(9-6-13)16(21)22/h1-4,13,19H,5-11H2,(H,17,20)(H,21,22). The Morgan fingerprint density at radius 3 is 2.36 bits per heavy atom. The number of nitrogens with one attached hydrogen (secondary N) is 1. The number of nitrogens with zero attached hydrogens (tertiary/aromatic N) is 1. The van der Waals surface area contributed by atoms with Gasteiger partial charge in [-0.2, -0.15) is 0 Å². The van der Waals surface area contributed by atoms with Crippen LogP contribution in [-0.4, -0.2) is 53.4 Å². The maximum atomic E-state index is 11.7. The van der Waals surface area contributed by atoms with Crippen molar-refractivity contribution in [2.24, 2.45) is 5.92 Å². The minimum Gasteiger partial charge on any atom is -0.465 e. The molecule has 2 amide bonds. The van der Waals surface area contributed by atoms with Crippen molar-refractivity contribution in [1.82, 2.24) is 10.2 Å². The summed E-state index contributed by atoms with van der Waals surface area (Å²) in [5.74, 6) is 0.306. The summed E-state index contributed by atoms with van der Waals surface area (Å²) in [7, 11) is 0. The van der Waals surface area contributed by atoms with E-state index in [-0.39, 0.29) is 19.1 Å². The number of likely N-dealkylation sites (tertiary alicyclic amines) is 1. The van der Waals surface area contributed by atoms with Gasteiger partial charge in [-0.05, 0) is 42.9 Å². The van der Waals surface area contributed by atoms with E-state index in [1.807, 2.05) is 12.1 Å². The summed E-state index contributed by atoms with van der Waals surface area (Å²) in [5.41, 5.74) is 1.74. The summed E-state index contributed by atoms with van der Waals surface area (Å²) < 4.78 is 0. The average Bonchev–Trinajstić information content (AvgIpc) is 2.54. The van der Waals surface area contributed by atoms with Gasteiger partial charge in [0, 0.05) is 25.2 Å². The Bertz CT molecular complexity index is 507. The van der Waals surface area contributed by atoms with Gasteiger partial charge in [0.15, 0.2) is 0 Å². The molecule has 1 aromatic rings. The summed E-state index contributed by atoms with van der Waals surface area (Å²) in [6, 6.07) is 7.46. The number of carbonyl (C=O) groups excluding carboxylic acids is 1. The highest BCUT2D eigenvalue weighted by atomic mass is 16.4. The second-order valence-corrected chi connectivity index (χ2v) is 5.59. The third-order valence-electron chi connectivity index (χ3n) is 4.02. The lowest BCUT2D eigenvalue weighted by Crippen LogP contribution is -2.37. The fourth-order valence-electron chi connectivity index (χ4n) is 2.73. The van der Waals surface area contributed by atoms with Gasteiger partial charge in [0.05, 0.1) is 6.61 Å². The van der Waals surface area contributed by atoms with Crippen LogP contribution in [0.1, 0.15) is 28.8 Å². The molecular weight excluding hydrogens is 284 g/mol. The van der Waals surface area contributed by atoms with Crippen molar-refractivity contribution in [2.45, 2.75) is 19.3 Å². The monoisotopic (exact) mass is 306 g/mol. The molecule has 6 nitrogen and oxygen atoms in total. The number of amides is 2. The number of carbonyl (C=O) groups is 2. The molecule has 1 fully saturated rings. The molecule has 0 radical (unpaired) electrons. The zero-order chi connectivity index (χ0) is 15.9. The molecule has 120 valence electrons. The normalized spacial score (nSPS) is 15.6. The Labute approximate surface area is 129 Å². The van der Waals surface area contributed by atoms with Gasteiger partial charge in [0.25, 0.3) is 5.91 Å². The van der Waals surface area contributed by atoms with Gasteiger partial charge in [0.2, 0.25) is 0 Å². The molecule has 1 aliphatic heterocycles. The Morgan fingerprint density at radius 1 is 1.18 bits per heavy atom. The molecule has 22 heavy (non-hydrogen) atoms. The Morgan fingerprint density at radius 2 is 1.82 bits per heavy atom. The topological polar surface area (TPSA) is 89.9 Å². The molecule has 0 saturated carbocycles. The third-order valence-corrected chi connectivity index (χ3v) is 4.02. The van der Waals surface area contributed by atoms with Crippen LogP contribution >= 0.6 is 0 Å². The summed E-state index contributed by atoms with van der Waals surface area (Å²) in [5, 5.41) is 20.2. The van der Waals surface area contributed by atoms with Gasteiger partial charge < -0.3 is 20.4 Å². The van der Waals surface area contributed by atoms with E-state index >= 15 is 0 Å². The number of piperidine rings is 1. The van der Waals surface area contributed by atoms with Crippen molar-refractivity contribution >= 4 is 12.0 Å². The molecule has 1 aromatic carbocycles. The van der Waals surface area contributed by atoms with Crippen molar-refractivity contribution in [3.63, 3.8) is 0 Å². The first-order valence-corrected chi connectivity index (χ1v) is 7.56. The summed E-state index contributed by atoms with van der Waals surface area (Å²) in [6.45, 7) is 1.38. The molecule has 0 aromatic heterocycles. The van der Waals surface area contributed by atoms with Crippen molar-refractivity contribution in [3.05, 3.63) is 35.4 Å². The van der Waals surface area contributed by atoms with E-state index < -0.39 is 6.09 Å². The SMILES string of the molecule is O=C(NCCO)c1ccc(CC2CCN(C(=O)O)CC2)cc1. The Hall–Kier alpha value is -2.08. The minimum absolute atomic E-state index is 0.0706. The van der Waals surface area contributed by atoms with E-state index in [0.717, 1.165) is 24.8 Å². The Kier molecular flexibility index (Phi) is 5.77. The number of carboxylic acid groups (broad SMARTS) is 1. The summed E-state index contributed by atoms with van der Waals surface area (Å²) >= 11 is 0. The van der Waals surface area contributed by atoms with Crippen LogP contribution in [0, 0.1) is 5.92 Å². The fraction of sp³-hybridized carbons (Fsp3) is 0.500. The van der Waals surface area contributed by atoms with Gasteiger partial charge >= 0.3 is 6.09 Å². The van der Waals surface area contributed by atoms with Crippen LogP contribution in [0.2, 0.25) is 0 Å². The highest BCUT2D eigenvalue weighted by Gasteiger charge is 2.22. The third kappa shape index (κ3) is 4.46. The average molecular weight is 306 g/mol. The number of rotatable bonds is 5. The number of hydrogen-bond acceptors (Lipinski definition) is 3. The van der Waals surface area contributed by atoms with E-state index in [9.17, 15) is 9.59 Å². The molecule has 0 bridgehead atoms. The first-order valence-electron chi connectivity index (χ1n) is 7.56. The number of aliphatic hydroxyl groups excluding tert-OH is 1. The van der Waals surface area contributed by atoms with E-state index in [4.69, 9.17) is 10.2 Å². The van der Waals surface area contributed by atoms with E-state index in [2.05, 4.69) is 5.32 Å². The molecule has 2 rings (SSSR count). The van der Waals surface area contributed by atoms with Crippen molar-refractivity contribution in [2.75, 3.05) is 26.2 Å². The first kappa shape index (κ1) is 16.3. The van der Waals surface area contributed by atoms with Gasteiger partial charge in [-0.25, -0.2) is 4.79 Å². The van der Waals surface area contributed by atoms with Crippen LogP contribution in [0.25, 0.3) is 0 Å². The highest BCUT2D eigenvalue weighted by molar-refractivity contribution is 5.94. The van der Waals surface area contributed by atoms with Crippen LogP contribution in [0.4, 0.5) is 4.79 Å². The molecule has 0 atom stereocenters. The highest BCUT2D eigenvalue weighted by Crippen LogP contribution is 2.22. The lowest BCUT2D eigenvalue weighted by atomic mass is 9.90. The minimum atomic E-state index is -0.836. The molecule has 1 heterocycles. The van der Waals surface area contributed by atoms with Gasteiger partial charge in [-0.1, -0.05) is 12.1 Å².